The van der Waals surface area contributed by atoms with Crippen molar-refractivity contribution in [2.24, 2.45) is 0 Å². The van der Waals surface area contributed by atoms with Crippen LogP contribution in [0.2, 0.25) is 0 Å². The number of hydrogen-bond donors (Lipinski definition) is 1. The van der Waals surface area contributed by atoms with Crippen LogP contribution < -0.4 is 15.2 Å². The number of aromatic nitrogens is 3. The van der Waals surface area contributed by atoms with Crippen LogP contribution in [-0.4, -0.2) is 72.4 Å². The van der Waals surface area contributed by atoms with Crippen molar-refractivity contribution in [3.05, 3.63) is 53.6 Å². The van der Waals surface area contributed by atoms with Crippen LogP contribution >= 0.6 is 0 Å². The summed E-state index contributed by atoms with van der Waals surface area (Å²) in [4.78, 5) is 31.4. The monoisotopic (exact) mass is 535 g/mol. The van der Waals surface area contributed by atoms with E-state index in [0.717, 1.165) is 0 Å². The van der Waals surface area contributed by atoms with E-state index in [2.05, 4.69) is 23.4 Å². The molecule has 1 atom stereocenters. The number of ketones is 1. The Balaban J connectivity index is 1.87. The number of amides is 1. The van der Waals surface area contributed by atoms with E-state index in [4.69, 9.17) is 25.0 Å². The van der Waals surface area contributed by atoms with Crippen molar-refractivity contribution in [3.8, 4) is 23.3 Å². The van der Waals surface area contributed by atoms with Gasteiger partial charge in [0, 0.05) is 45.5 Å². The first kappa shape index (κ1) is 27.6. The van der Waals surface area contributed by atoms with Crippen molar-refractivity contribution in [1.82, 2.24) is 19.7 Å². The van der Waals surface area contributed by atoms with Crippen LogP contribution in [0.3, 0.4) is 0 Å². The predicted octanol–water partition coefficient (Wildman–Crippen LogP) is 3.14. The zero-order valence-electron chi connectivity index (χ0n) is 22.1. The third-order valence-corrected chi connectivity index (χ3v) is 6.59. The van der Waals surface area contributed by atoms with E-state index >= 15 is 0 Å². The summed E-state index contributed by atoms with van der Waals surface area (Å²) in [7, 11) is 4.38. The van der Waals surface area contributed by atoms with Crippen molar-refractivity contribution < 1.29 is 28.2 Å². The number of halogens is 1. The summed E-state index contributed by atoms with van der Waals surface area (Å²) in [5, 5.41) is 5.11. The van der Waals surface area contributed by atoms with Crippen LogP contribution in [0.4, 0.5) is 10.2 Å². The molecule has 3 aromatic rings. The molecule has 10 nitrogen and oxygen atoms in total. The quantitative estimate of drug-likeness (QED) is 0.192. The van der Waals surface area contributed by atoms with Gasteiger partial charge in [-0.3, -0.25) is 14.3 Å². The number of nitrogens with zero attached hydrogens (tertiary/aromatic N) is 4. The summed E-state index contributed by atoms with van der Waals surface area (Å²) in [5.41, 5.74) is 7.39. The highest BCUT2D eigenvalue weighted by Gasteiger charge is 2.31. The summed E-state index contributed by atoms with van der Waals surface area (Å²) in [6, 6.07) is 2.63. The third kappa shape index (κ3) is 5.56. The predicted molar refractivity (Wildman–Crippen MR) is 143 cm³/mol. The number of rotatable bonds is 9. The zero-order valence-corrected chi connectivity index (χ0v) is 22.1. The molecular weight excluding hydrogens is 505 g/mol. The van der Waals surface area contributed by atoms with Gasteiger partial charge < -0.3 is 24.8 Å². The zero-order chi connectivity index (χ0) is 28.1. The number of nitrogen functional groups attached to an aromatic ring is 1. The number of carbonyl (C=O) groups is 2. The molecule has 0 aliphatic carbocycles. The largest absolute Gasteiger partial charge is 0.497 e. The topological polar surface area (TPSA) is 122 Å². The summed E-state index contributed by atoms with van der Waals surface area (Å²) in [6.07, 6.45) is 4.08. The minimum Gasteiger partial charge on any atom is -0.497 e. The Morgan fingerprint density at radius 3 is 2.74 bits per heavy atom. The fourth-order valence-corrected chi connectivity index (χ4v) is 4.59. The minimum atomic E-state index is -0.649. The van der Waals surface area contributed by atoms with Gasteiger partial charge in [0.05, 0.1) is 42.3 Å². The van der Waals surface area contributed by atoms with Crippen molar-refractivity contribution >= 4 is 28.4 Å². The maximum atomic E-state index is 15.0. The highest BCUT2D eigenvalue weighted by Crippen LogP contribution is 2.33. The fraction of sp³-hybridized carbons (Fsp3) is 0.357. The van der Waals surface area contributed by atoms with Gasteiger partial charge in [0.15, 0.2) is 17.3 Å². The maximum Gasteiger partial charge on any atom is 0.246 e. The van der Waals surface area contributed by atoms with Gasteiger partial charge in [-0.25, -0.2) is 9.37 Å². The lowest BCUT2D eigenvalue weighted by Crippen LogP contribution is -2.27. The normalized spacial score (nSPS) is 14.7. The van der Waals surface area contributed by atoms with Crippen molar-refractivity contribution in [1.29, 1.82) is 0 Å². The Hall–Kier alpha value is -4.43. The van der Waals surface area contributed by atoms with E-state index in [-0.39, 0.29) is 47.0 Å². The van der Waals surface area contributed by atoms with Crippen molar-refractivity contribution in [3.63, 3.8) is 0 Å². The summed E-state index contributed by atoms with van der Waals surface area (Å²) in [5.74, 6) is 5.23. The lowest BCUT2D eigenvalue weighted by atomic mass is 10.0. The van der Waals surface area contributed by atoms with Crippen LogP contribution in [-0.2, 0) is 9.53 Å². The standard InChI is InChI=1S/C28H30FN5O5/c1-5-24(36)33-11-10-18(16-33)34-27-20(22(35)7-6-12-37-2)15-31-28(30)25(27)21(32-34)9-8-17-13-19(38-3)14-23(39-4)26(17)29/h5,13-15,18H,1,6-7,10-12,16H2,2-4H3,(H2,30,31). The molecule has 0 saturated carbocycles. The van der Waals surface area contributed by atoms with E-state index < -0.39 is 5.82 Å². The number of carbonyl (C=O) groups excluding carboxylic acids is 2. The van der Waals surface area contributed by atoms with Gasteiger partial charge in [0.2, 0.25) is 5.91 Å². The average molecular weight is 536 g/mol. The summed E-state index contributed by atoms with van der Waals surface area (Å²) < 4.78 is 32.1. The molecular formula is C28H30FN5O5. The van der Waals surface area contributed by atoms with Gasteiger partial charge in [0.25, 0.3) is 0 Å². The first-order valence-electron chi connectivity index (χ1n) is 12.4. The number of pyridine rings is 1. The number of hydrogen-bond acceptors (Lipinski definition) is 8. The van der Waals surface area contributed by atoms with Gasteiger partial charge in [0.1, 0.15) is 17.3 Å². The molecule has 11 heteroatoms. The average Bonchev–Trinajstić information content (AvgIpc) is 3.58. The molecule has 1 unspecified atom stereocenters. The molecule has 1 aliphatic heterocycles. The van der Waals surface area contributed by atoms with Gasteiger partial charge in [-0.2, -0.15) is 5.10 Å². The first-order valence-corrected chi connectivity index (χ1v) is 12.4. The molecule has 1 aliphatic rings. The second kappa shape index (κ2) is 12.0. The molecule has 1 saturated heterocycles. The highest BCUT2D eigenvalue weighted by molar-refractivity contribution is 6.10. The molecule has 2 aromatic heterocycles. The van der Waals surface area contributed by atoms with Crippen LogP contribution in [0.1, 0.15) is 46.9 Å². The number of nitrogens with two attached hydrogens (primary N) is 1. The van der Waals surface area contributed by atoms with E-state index in [1.165, 1.54) is 38.6 Å². The highest BCUT2D eigenvalue weighted by atomic mass is 19.1. The van der Waals surface area contributed by atoms with Gasteiger partial charge in [-0.15, -0.1) is 0 Å². The Kier molecular flexibility index (Phi) is 8.46. The first-order chi connectivity index (χ1) is 18.8. The molecule has 1 fully saturated rings. The number of methoxy groups -OCH3 is 3. The molecule has 1 aromatic carbocycles. The molecule has 1 amide bonds. The fourth-order valence-electron chi connectivity index (χ4n) is 4.59. The third-order valence-electron chi connectivity index (χ3n) is 6.59. The number of benzene rings is 1. The van der Waals surface area contributed by atoms with E-state index in [0.29, 0.717) is 54.8 Å². The molecule has 39 heavy (non-hydrogen) atoms. The molecule has 0 bridgehead atoms. The second-order valence-corrected chi connectivity index (χ2v) is 8.97. The van der Waals surface area contributed by atoms with Crippen LogP contribution in [0, 0.1) is 17.7 Å². The van der Waals surface area contributed by atoms with Crippen molar-refractivity contribution in [2.75, 3.05) is 46.8 Å². The van der Waals surface area contributed by atoms with E-state index in [9.17, 15) is 14.0 Å². The maximum absolute atomic E-state index is 15.0. The summed E-state index contributed by atoms with van der Waals surface area (Å²) in [6.45, 7) is 4.88. The second-order valence-electron chi connectivity index (χ2n) is 8.97. The van der Waals surface area contributed by atoms with Crippen molar-refractivity contribution in [2.45, 2.75) is 25.3 Å². The molecule has 2 N–H and O–H groups in total. The molecule has 3 heterocycles. The summed E-state index contributed by atoms with van der Waals surface area (Å²) >= 11 is 0. The van der Waals surface area contributed by atoms with Crippen LogP contribution in [0.5, 0.6) is 11.5 Å². The minimum absolute atomic E-state index is 0.0166. The van der Waals surface area contributed by atoms with Gasteiger partial charge in [-0.05, 0) is 30.9 Å². The Morgan fingerprint density at radius 2 is 2.05 bits per heavy atom. The SMILES string of the molecule is C=CC(=O)N1CCC(n2nc(C#Cc3cc(OC)cc(OC)c3F)c3c(N)ncc(C(=O)CCCOC)c32)C1. The number of ether oxygens (including phenoxy) is 3. The van der Waals surface area contributed by atoms with E-state index in [1.807, 2.05) is 0 Å². The van der Waals surface area contributed by atoms with E-state index in [1.54, 1.807) is 16.7 Å². The smallest absolute Gasteiger partial charge is 0.246 e. The molecule has 0 radical (unpaired) electrons. The molecule has 204 valence electrons. The Labute approximate surface area is 225 Å². The van der Waals surface area contributed by atoms with Crippen LogP contribution in [0.25, 0.3) is 10.9 Å². The Morgan fingerprint density at radius 1 is 1.26 bits per heavy atom. The number of likely N-dealkylation sites (tertiary alicyclic amines) is 1. The lowest BCUT2D eigenvalue weighted by molar-refractivity contribution is -0.125. The molecule has 4 rings (SSSR count). The number of anilines is 1. The number of Topliss-reactive ketones (excluding diaryl/α,β-unsaturated/α-hetero) is 1. The lowest BCUT2D eigenvalue weighted by Gasteiger charge is -2.16. The van der Waals surface area contributed by atoms with Gasteiger partial charge >= 0.3 is 0 Å². The Bertz CT molecular complexity index is 1490. The van der Waals surface area contributed by atoms with Crippen LogP contribution in [0.15, 0.2) is 31.0 Å². The van der Waals surface area contributed by atoms with Gasteiger partial charge in [-0.1, -0.05) is 12.5 Å². The number of fused-ring (bicyclic) bond motifs is 1. The molecule has 0 spiro atoms.